The summed E-state index contributed by atoms with van der Waals surface area (Å²) in [5.74, 6) is 0.326. The molecule has 0 unspecified atom stereocenters. The van der Waals surface area contributed by atoms with Crippen molar-refractivity contribution >= 4 is 17.5 Å². The number of benzene rings is 1. The van der Waals surface area contributed by atoms with Gasteiger partial charge in [0.2, 0.25) is 5.91 Å². The van der Waals surface area contributed by atoms with Gasteiger partial charge in [0, 0.05) is 54.5 Å². The van der Waals surface area contributed by atoms with Crippen LogP contribution in [0.25, 0.3) is 5.65 Å². The lowest BCUT2D eigenvalue weighted by molar-refractivity contribution is -0.121. The molecule has 7 nitrogen and oxygen atoms in total. The molecule has 0 saturated carbocycles. The molecule has 2 aromatic heterocycles. The summed E-state index contributed by atoms with van der Waals surface area (Å²) in [4.78, 5) is 31.7. The van der Waals surface area contributed by atoms with Crippen LogP contribution in [0.3, 0.4) is 0 Å². The fraction of sp³-hybridized carbons (Fsp3) is 0.462. The highest BCUT2D eigenvalue weighted by atomic mass is 16.2. The molecule has 2 amide bonds. The maximum Gasteiger partial charge on any atom is 0.253 e. The van der Waals surface area contributed by atoms with Crippen LogP contribution in [0.5, 0.6) is 0 Å². The fourth-order valence-electron chi connectivity index (χ4n) is 4.69. The van der Waals surface area contributed by atoms with Crippen molar-refractivity contribution in [1.29, 1.82) is 0 Å². The second kappa shape index (κ2) is 9.33. The molecule has 0 spiro atoms. The minimum absolute atomic E-state index is 0.0503. The molecule has 3 aromatic rings. The predicted molar refractivity (Wildman–Crippen MR) is 129 cm³/mol. The largest absolute Gasteiger partial charge is 0.354 e. The molecule has 1 fully saturated rings. The number of nitrogens with zero attached hydrogens (tertiary/aromatic N) is 4. The molecule has 7 heteroatoms. The Morgan fingerprint density at radius 3 is 2.70 bits per heavy atom. The second-order valence-corrected chi connectivity index (χ2v) is 9.43. The molecule has 1 saturated heterocycles. The van der Waals surface area contributed by atoms with Crippen molar-refractivity contribution in [2.75, 3.05) is 13.1 Å². The molecule has 1 N–H and O–H groups in total. The third-order valence-electron chi connectivity index (χ3n) is 6.39. The molecule has 1 aromatic carbocycles. The number of amides is 2. The van der Waals surface area contributed by atoms with Gasteiger partial charge in [0.05, 0.1) is 5.69 Å². The van der Waals surface area contributed by atoms with E-state index in [2.05, 4.69) is 5.32 Å². The Hall–Kier alpha value is -3.22. The molecule has 0 radical (unpaired) electrons. The first-order chi connectivity index (χ1) is 15.7. The first-order valence-electron chi connectivity index (χ1n) is 11.7. The Morgan fingerprint density at radius 1 is 1.18 bits per heavy atom. The van der Waals surface area contributed by atoms with Crippen molar-refractivity contribution in [2.45, 2.75) is 65.8 Å². The van der Waals surface area contributed by atoms with Crippen LogP contribution >= 0.6 is 0 Å². The number of carbonyl (C=O) groups excluding carboxylic acids is 2. The van der Waals surface area contributed by atoms with Crippen LogP contribution < -0.4 is 5.32 Å². The van der Waals surface area contributed by atoms with Gasteiger partial charge in [-0.25, -0.2) is 9.50 Å². The molecule has 1 atom stereocenters. The molecule has 4 rings (SSSR count). The number of rotatable bonds is 6. The van der Waals surface area contributed by atoms with Crippen LogP contribution in [0.15, 0.2) is 30.3 Å². The van der Waals surface area contributed by atoms with Gasteiger partial charge in [-0.2, -0.15) is 5.10 Å². The maximum atomic E-state index is 12.9. The van der Waals surface area contributed by atoms with Crippen molar-refractivity contribution in [3.05, 3.63) is 64.1 Å². The maximum absolute atomic E-state index is 12.9. The van der Waals surface area contributed by atoms with Gasteiger partial charge >= 0.3 is 0 Å². The van der Waals surface area contributed by atoms with Gasteiger partial charge in [-0.05, 0) is 65.2 Å². The van der Waals surface area contributed by atoms with Crippen molar-refractivity contribution in [3.8, 4) is 0 Å². The third kappa shape index (κ3) is 4.92. The summed E-state index contributed by atoms with van der Waals surface area (Å²) in [6.07, 6.45) is 1.96. The van der Waals surface area contributed by atoms with Gasteiger partial charge in [0.25, 0.3) is 5.91 Å². The smallest absolute Gasteiger partial charge is 0.253 e. The predicted octanol–water partition coefficient (Wildman–Crippen LogP) is 3.74. The second-order valence-electron chi connectivity index (χ2n) is 9.43. The zero-order chi connectivity index (χ0) is 23.7. The van der Waals surface area contributed by atoms with E-state index in [4.69, 9.17) is 10.1 Å². The van der Waals surface area contributed by atoms with Gasteiger partial charge in [-0.3, -0.25) is 9.59 Å². The minimum atomic E-state index is 0.0503. The summed E-state index contributed by atoms with van der Waals surface area (Å²) in [7, 11) is 0. The zero-order valence-corrected chi connectivity index (χ0v) is 20.2. The minimum Gasteiger partial charge on any atom is -0.354 e. The van der Waals surface area contributed by atoms with E-state index in [1.165, 1.54) is 0 Å². The number of aryl methyl sites for hydroxylation is 3. The first kappa shape index (κ1) is 23.0. The topological polar surface area (TPSA) is 79.6 Å². The van der Waals surface area contributed by atoms with Gasteiger partial charge in [0.1, 0.15) is 0 Å². The molecule has 1 aliphatic rings. The third-order valence-corrected chi connectivity index (χ3v) is 6.39. The van der Waals surface area contributed by atoms with Gasteiger partial charge in [-0.15, -0.1) is 0 Å². The van der Waals surface area contributed by atoms with Crippen LogP contribution in [0.1, 0.15) is 71.2 Å². The highest BCUT2D eigenvalue weighted by Gasteiger charge is 2.30. The summed E-state index contributed by atoms with van der Waals surface area (Å²) in [5.41, 5.74) is 6.64. The Kier molecular flexibility index (Phi) is 6.49. The Balaban J connectivity index is 1.51. The van der Waals surface area contributed by atoms with Gasteiger partial charge in [0.15, 0.2) is 5.65 Å². The number of aromatic nitrogens is 3. The first-order valence-corrected chi connectivity index (χ1v) is 11.7. The average Bonchev–Trinajstić information content (AvgIpc) is 3.40. The van der Waals surface area contributed by atoms with E-state index < -0.39 is 0 Å². The van der Waals surface area contributed by atoms with Crippen LogP contribution in [0, 0.1) is 20.8 Å². The average molecular weight is 448 g/mol. The summed E-state index contributed by atoms with van der Waals surface area (Å²) in [6.45, 7) is 11.4. The van der Waals surface area contributed by atoms with Crippen LogP contribution in [-0.4, -0.2) is 50.4 Å². The van der Waals surface area contributed by atoms with Crippen molar-refractivity contribution in [2.24, 2.45) is 0 Å². The highest BCUT2D eigenvalue weighted by molar-refractivity contribution is 5.94. The van der Waals surface area contributed by atoms with E-state index in [9.17, 15) is 9.59 Å². The van der Waals surface area contributed by atoms with Gasteiger partial charge in [-0.1, -0.05) is 17.7 Å². The van der Waals surface area contributed by atoms with Crippen LogP contribution in [0.4, 0.5) is 0 Å². The van der Waals surface area contributed by atoms with E-state index in [0.29, 0.717) is 19.4 Å². The highest BCUT2D eigenvalue weighted by Crippen LogP contribution is 2.29. The van der Waals surface area contributed by atoms with E-state index in [-0.39, 0.29) is 23.8 Å². The summed E-state index contributed by atoms with van der Waals surface area (Å²) in [5, 5.41) is 7.81. The van der Waals surface area contributed by atoms with E-state index in [1.807, 2.05) is 74.4 Å². The van der Waals surface area contributed by atoms with E-state index in [1.54, 1.807) is 0 Å². The molecular weight excluding hydrogens is 414 g/mol. The molecule has 33 heavy (non-hydrogen) atoms. The molecule has 0 bridgehead atoms. The van der Waals surface area contributed by atoms with E-state index in [0.717, 1.165) is 52.4 Å². The number of likely N-dealkylation sites (tertiary alicyclic amines) is 1. The van der Waals surface area contributed by atoms with Crippen LogP contribution in [0.2, 0.25) is 0 Å². The summed E-state index contributed by atoms with van der Waals surface area (Å²) < 4.78 is 1.89. The Labute approximate surface area is 195 Å². The van der Waals surface area contributed by atoms with E-state index >= 15 is 0 Å². The standard InChI is InChI=1S/C26H33N5O2/c1-16(2)27-25(32)10-9-22-18(4)28-24-14-23(29-31(24)19(22)5)21-11-12-30(15-21)26(33)20-8-6-7-17(3)13-20/h6-8,13-14,16,21H,9-12,15H2,1-5H3,(H,27,32)/t21-/m1/s1. The SMILES string of the molecule is Cc1cccc(C(=O)N2CC[C@@H](c3cc4nc(C)c(CCC(=O)NC(C)C)c(C)n4n3)C2)c1. The molecule has 1 aliphatic heterocycles. The van der Waals surface area contributed by atoms with Gasteiger partial charge < -0.3 is 10.2 Å². The lowest BCUT2D eigenvalue weighted by Gasteiger charge is -2.16. The molecule has 3 heterocycles. The number of hydrogen-bond donors (Lipinski definition) is 1. The fourth-order valence-corrected chi connectivity index (χ4v) is 4.69. The van der Waals surface area contributed by atoms with Crippen molar-refractivity contribution < 1.29 is 9.59 Å². The number of nitrogens with one attached hydrogen (secondary N) is 1. The normalized spacial score (nSPS) is 16.1. The quantitative estimate of drug-likeness (QED) is 0.624. The lowest BCUT2D eigenvalue weighted by atomic mass is 10.1. The van der Waals surface area contributed by atoms with Crippen LogP contribution in [-0.2, 0) is 11.2 Å². The number of hydrogen-bond acceptors (Lipinski definition) is 4. The number of carbonyl (C=O) groups is 2. The summed E-state index contributed by atoms with van der Waals surface area (Å²) in [6, 6.07) is 9.94. The zero-order valence-electron chi connectivity index (χ0n) is 20.2. The van der Waals surface area contributed by atoms with Crippen molar-refractivity contribution in [1.82, 2.24) is 24.8 Å². The molecular formula is C26H33N5O2. The molecule has 0 aliphatic carbocycles. The summed E-state index contributed by atoms with van der Waals surface area (Å²) >= 11 is 0. The van der Waals surface area contributed by atoms with Crippen molar-refractivity contribution in [3.63, 3.8) is 0 Å². The monoisotopic (exact) mass is 447 g/mol. The Bertz CT molecular complexity index is 1200. The Morgan fingerprint density at radius 2 is 1.97 bits per heavy atom. The number of fused-ring (bicyclic) bond motifs is 1. The molecule has 174 valence electrons. The lowest BCUT2D eigenvalue weighted by Crippen LogP contribution is -2.30.